The molecule has 0 atom stereocenters. The minimum atomic E-state index is -0.265. The maximum atomic E-state index is 11.4. The van der Waals surface area contributed by atoms with Crippen molar-refractivity contribution in [2.45, 2.75) is 6.54 Å². The fraction of sp³-hybridized carbons (Fsp3) is 0.182. The standard InChI is InChI=1S/C11H12N4O/c1-12-9-3-5-13-10(7-9)8-15-6-2-4-14-11(15)16/h2-7H,8H2,1H3,(H,12,13). The van der Waals surface area contributed by atoms with Gasteiger partial charge in [-0.2, -0.15) is 0 Å². The molecule has 0 fully saturated rings. The Morgan fingerprint density at radius 2 is 2.25 bits per heavy atom. The fourth-order valence-electron chi connectivity index (χ4n) is 1.40. The third kappa shape index (κ3) is 2.25. The summed E-state index contributed by atoms with van der Waals surface area (Å²) in [7, 11) is 1.84. The number of anilines is 1. The number of nitrogens with zero attached hydrogens (tertiary/aromatic N) is 3. The minimum absolute atomic E-state index is 0.265. The van der Waals surface area contributed by atoms with E-state index in [1.54, 1.807) is 18.5 Å². The van der Waals surface area contributed by atoms with E-state index in [0.29, 0.717) is 6.54 Å². The molecule has 82 valence electrons. The molecule has 0 saturated heterocycles. The van der Waals surface area contributed by atoms with E-state index in [9.17, 15) is 4.79 Å². The van der Waals surface area contributed by atoms with E-state index in [-0.39, 0.29) is 5.69 Å². The Bertz CT molecular complexity index is 535. The van der Waals surface area contributed by atoms with Gasteiger partial charge in [0, 0.05) is 31.3 Å². The van der Waals surface area contributed by atoms with Gasteiger partial charge in [-0.3, -0.25) is 9.55 Å². The summed E-state index contributed by atoms with van der Waals surface area (Å²) in [5.74, 6) is 0. The molecule has 0 radical (unpaired) electrons. The van der Waals surface area contributed by atoms with Gasteiger partial charge in [0.25, 0.3) is 0 Å². The fourth-order valence-corrected chi connectivity index (χ4v) is 1.40. The Kier molecular flexibility index (Phi) is 2.95. The lowest BCUT2D eigenvalue weighted by Crippen LogP contribution is -2.22. The van der Waals surface area contributed by atoms with E-state index < -0.39 is 0 Å². The van der Waals surface area contributed by atoms with Gasteiger partial charge in [-0.1, -0.05) is 0 Å². The number of rotatable bonds is 3. The van der Waals surface area contributed by atoms with Gasteiger partial charge in [-0.15, -0.1) is 0 Å². The van der Waals surface area contributed by atoms with Gasteiger partial charge in [-0.25, -0.2) is 9.78 Å². The highest BCUT2D eigenvalue weighted by molar-refractivity contribution is 5.42. The molecule has 0 unspecified atom stereocenters. The highest BCUT2D eigenvalue weighted by Gasteiger charge is 1.99. The van der Waals surface area contributed by atoms with E-state index in [0.717, 1.165) is 11.4 Å². The topological polar surface area (TPSA) is 59.8 Å². The highest BCUT2D eigenvalue weighted by atomic mass is 16.1. The molecular weight excluding hydrogens is 204 g/mol. The van der Waals surface area contributed by atoms with Crippen molar-refractivity contribution in [2.24, 2.45) is 0 Å². The summed E-state index contributed by atoms with van der Waals surface area (Å²) >= 11 is 0. The van der Waals surface area contributed by atoms with Crippen molar-refractivity contribution in [1.29, 1.82) is 0 Å². The van der Waals surface area contributed by atoms with E-state index in [2.05, 4.69) is 15.3 Å². The van der Waals surface area contributed by atoms with Crippen molar-refractivity contribution < 1.29 is 0 Å². The van der Waals surface area contributed by atoms with Gasteiger partial charge in [0.15, 0.2) is 0 Å². The second kappa shape index (κ2) is 4.57. The zero-order valence-electron chi connectivity index (χ0n) is 8.92. The second-order valence-corrected chi connectivity index (χ2v) is 3.32. The van der Waals surface area contributed by atoms with Crippen LogP contribution >= 0.6 is 0 Å². The summed E-state index contributed by atoms with van der Waals surface area (Å²) in [5, 5.41) is 3.02. The molecule has 0 aliphatic carbocycles. The summed E-state index contributed by atoms with van der Waals surface area (Å²) in [4.78, 5) is 19.3. The van der Waals surface area contributed by atoms with Crippen molar-refractivity contribution in [3.63, 3.8) is 0 Å². The molecule has 0 spiro atoms. The quantitative estimate of drug-likeness (QED) is 0.821. The molecule has 16 heavy (non-hydrogen) atoms. The van der Waals surface area contributed by atoms with Crippen LogP contribution in [0.1, 0.15) is 5.69 Å². The molecule has 5 nitrogen and oxygen atoms in total. The molecule has 0 aliphatic rings. The van der Waals surface area contributed by atoms with Crippen molar-refractivity contribution in [2.75, 3.05) is 12.4 Å². The van der Waals surface area contributed by atoms with Crippen LogP contribution < -0.4 is 11.0 Å². The second-order valence-electron chi connectivity index (χ2n) is 3.32. The molecule has 0 amide bonds. The van der Waals surface area contributed by atoms with Crippen molar-refractivity contribution in [3.8, 4) is 0 Å². The first kappa shape index (κ1) is 10.4. The lowest BCUT2D eigenvalue weighted by molar-refractivity contribution is 0.711. The molecule has 5 heteroatoms. The molecule has 0 aromatic carbocycles. The highest BCUT2D eigenvalue weighted by Crippen LogP contribution is 2.07. The Morgan fingerprint density at radius 3 is 3.00 bits per heavy atom. The van der Waals surface area contributed by atoms with Gasteiger partial charge in [0.2, 0.25) is 0 Å². The molecule has 0 saturated carbocycles. The zero-order valence-corrected chi connectivity index (χ0v) is 8.92. The molecule has 2 aromatic rings. The SMILES string of the molecule is CNc1ccnc(Cn2cccnc2=O)c1. The van der Waals surface area contributed by atoms with Gasteiger partial charge in [-0.05, 0) is 18.2 Å². The largest absolute Gasteiger partial charge is 0.388 e. The number of hydrogen-bond acceptors (Lipinski definition) is 4. The summed E-state index contributed by atoms with van der Waals surface area (Å²) in [6.45, 7) is 0.433. The maximum Gasteiger partial charge on any atom is 0.347 e. The van der Waals surface area contributed by atoms with E-state index in [1.807, 2.05) is 19.2 Å². The molecule has 2 rings (SSSR count). The molecule has 1 N–H and O–H groups in total. The monoisotopic (exact) mass is 216 g/mol. The molecule has 0 aliphatic heterocycles. The summed E-state index contributed by atoms with van der Waals surface area (Å²) in [5.41, 5.74) is 1.53. The first-order valence-electron chi connectivity index (χ1n) is 4.94. The summed E-state index contributed by atoms with van der Waals surface area (Å²) in [6.07, 6.45) is 4.89. The van der Waals surface area contributed by atoms with Crippen LogP contribution in [0.4, 0.5) is 5.69 Å². The van der Waals surface area contributed by atoms with Crippen LogP contribution in [0.15, 0.2) is 41.6 Å². The normalized spacial score (nSPS) is 10.1. The van der Waals surface area contributed by atoms with Gasteiger partial charge >= 0.3 is 5.69 Å². The third-order valence-electron chi connectivity index (χ3n) is 2.22. The number of hydrogen-bond donors (Lipinski definition) is 1. The average Bonchev–Trinajstić information content (AvgIpc) is 2.32. The van der Waals surface area contributed by atoms with Crippen LogP contribution in [0, 0.1) is 0 Å². The van der Waals surface area contributed by atoms with Crippen LogP contribution in [0.5, 0.6) is 0 Å². The first-order chi connectivity index (χ1) is 7.79. The smallest absolute Gasteiger partial charge is 0.347 e. The molecule has 2 heterocycles. The third-order valence-corrected chi connectivity index (χ3v) is 2.22. The minimum Gasteiger partial charge on any atom is -0.388 e. The Hall–Kier alpha value is -2.17. The number of pyridine rings is 1. The predicted octanol–water partition coefficient (Wildman–Crippen LogP) is 0.728. The van der Waals surface area contributed by atoms with Crippen molar-refractivity contribution in [1.82, 2.24) is 14.5 Å². The summed E-state index contributed by atoms with van der Waals surface area (Å²) < 4.78 is 1.52. The average molecular weight is 216 g/mol. The summed E-state index contributed by atoms with van der Waals surface area (Å²) in [6, 6.07) is 5.50. The number of aromatic nitrogens is 3. The van der Waals surface area contributed by atoms with Crippen molar-refractivity contribution >= 4 is 5.69 Å². The predicted molar refractivity (Wildman–Crippen MR) is 61.4 cm³/mol. The zero-order chi connectivity index (χ0) is 11.4. The van der Waals surface area contributed by atoms with E-state index in [1.165, 1.54) is 10.8 Å². The Morgan fingerprint density at radius 1 is 1.38 bits per heavy atom. The van der Waals surface area contributed by atoms with Gasteiger partial charge in [0.05, 0.1) is 12.2 Å². The lowest BCUT2D eigenvalue weighted by Gasteiger charge is -2.05. The van der Waals surface area contributed by atoms with Crippen LogP contribution in [-0.2, 0) is 6.54 Å². The van der Waals surface area contributed by atoms with E-state index in [4.69, 9.17) is 0 Å². The molecular formula is C11H12N4O. The first-order valence-corrected chi connectivity index (χ1v) is 4.94. The van der Waals surface area contributed by atoms with Gasteiger partial charge < -0.3 is 5.32 Å². The van der Waals surface area contributed by atoms with Crippen LogP contribution in [0.2, 0.25) is 0 Å². The molecule has 0 bridgehead atoms. The van der Waals surface area contributed by atoms with Crippen LogP contribution in [0.3, 0.4) is 0 Å². The van der Waals surface area contributed by atoms with Gasteiger partial charge in [0.1, 0.15) is 0 Å². The maximum absolute atomic E-state index is 11.4. The van der Waals surface area contributed by atoms with Crippen LogP contribution in [0.25, 0.3) is 0 Å². The van der Waals surface area contributed by atoms with Crippen molar-refractivity contribution in [3.05, 3.63) is 53.0 Å². The number of nitrogens with one attached hydrogen (secondary N) is 1. The molecule has 2 aromatic heterocycles. The Labute approximate surface area is 92.8 Å². The van der Waals surface area contributed by atoms with Crippen LogP contribution in [-0.4, -0.2) is 21.6 Å². The lowest BCUT2D eigenvalue weighted by atomic mass is 10.3. The van der Waals surface area contributed by atoms with E-state index >= 15 is 0 Å². The Balaban J connectivity index is 2.27.